The van der Waals surface area contributed by atoms with Crippen LogP contribution in [-0.4, -0.2) is 20.1 Å². The molecule has 1 aromatic carbocycles. The van der Waals surface area contributed by atoms with E-state index in [1.54, 1.807) is 24.3 Å². The number of allylic oxidation sites excluding steroid dienone is 4. The van der Waals surface area contributed by atoms with E-state index >= 15 is 0 Å². The summed E-state index contributed by atoms with van der Waals surface area (Å²) in [6.07, 6.45) is 3.98. The summed E-state index contributed by atoms with van der Waals surface area (Å²) < 4.78 is 26.8. The molecule has 1 heterocycles. The Morgan fingerprint density at radius 1 is 1.22 bits per heavy atom. The van der Waals surface area contributed by atoms with Crippen molar-refractivity contribution in [1.82, 2.24) is 15.5 Å². The van der Waals surface area contributed by atoms with Crippen LogP contribution in [-0.2, 0) is 10.0 Å². The fourth-order valence-electron chi connectivity index (χ4n) is 2.04. The van der Waals surface area contributed by atoms with Gasteiger partial charge in [0.15, 0.2) is 5.11 Å². The number of hydrogen-bond donors (Lipinski definition) is 3. The van der Waals surface area contributed by atoms with Gasteiger partial charge in [0.2, 0.25) is 0 Å². The summed E-state index contributed by atoms with van der Waals surface area (Å²) in [7, 11) is -3.67. The maximum atomic E-state index is 12.2. The van der Waals surface area contributed by atoms with Gasteiger partial charge in [-0.1, -0.05) is 0 Å². The summed E-state index contributed by atoms with van der Waals surface area (Å²) >= 11 is 4.92. The summed E-state index contributed by atoms with van der Waals surface area (Å²) in [6, 6.07) is 6.59. The monoisotopic (exact) mass is 352 g/mol. The molecule has 1 aliphatic rings. The van der Waals surface area contributed by atoms with Crippen molar-refractivity contribution in [2.45, 2.75) is 25.7 Å². The molecule has 0 bridgehead atoms. The molecule has 6 nitrogen and oxygen atoms in total. The Kier molecular flexibility index (Phi) is 5.27. The normalized spacial score (nSPS) is 14.5. The summed E-state index contributed by atoms with van der Waals surface area (Å²) in [5, 5.41) is 4.74. The van der Waals surface area contributed by atoms with Crippen LogP contribution in [0.2, 0.25) is 0 Å². The molecule has 0 aromatic heterocycles. The third-order valence-electron chi connectivity index (χ3n) is 3.19. The molecule has 8 heteroatoms. The minimum Gasteiger partial charge on any atom is -0.362 e. The van der Waals surface area contributed by atoms with Crippen LogP contribution in [0, 0.1) is 0 Å². The van der Waals surface area contributed by atoms with Crippen molar-refractivity contribution >= 4 is 33.0 Å². The summed E-state index contributed by atoms with van der Waals surface area (Å²) in [5.74, 6) is 0. The van der Waals surface area contributed by atoms with Crippen LogP contribution in [0.25, 0.3) is 0 Å². The number of rotatable bonds is 4. The van der Waals surface area contributed by atoms with Crippen molar-refractivity contribution in [3.8, 4) is 0 Å². The van der Waals surface area contributed by atoms with E-state index in [4.69, 9.17) is 12.2 Å². The Morgan fingerprint density at radius 2 is 1.87 bits per heavy atom. The van der Waals surface area contributed by atoms with Crippen LogP contribution in [0.5, 0.6) is 0 Å². The van der Waals surface area contributed by atoms with Gasteiger partial charge in [-0.3, -0.25) is 15.2 Å². The van der Waals surface area contributed by atoms with Crippen molar-refractivity contribution in [2.24, 2.45) is 0 Å². The summed E-state index contributed by atoms with van der Waals surface area (Å²) in [6.45, 7) is 6.32. The highest BCUT2D eigenvalue weighted by Gasteiger charge is 2.17. The average Bonchev–Trinajstić information content (AvgIpc) is 2.49. The predicted octanol–water partition coefficient (Wildman–Crippen LogP) is 1.99. The van der Waals surface area contributed by atoms with Crippen molar-refractivity contribution in [3.05, 3.63) is 47.8 Å². The number of nitrogens with zero attached hydrogens (tertiary/aromatic N) is 1. The Balaban J connectivity index is 2.18. The maximum Gasteiger partial charge on any atom is 0.263 e. The van der Waals surface area contributed by atoms with Crippen molar-refractivity contribution in [1.29, 1.82) is 0 Å². The molecule has 1 aliphatic heterocycles. The third kappa shape index (κ3) is 4.23. The van der Waals surface area contributed by atoms with Gasteiger partial charge in [-0.15, -0.1) is 0 Å². The molecule has 0 unspecified atom stereocenters. The molecule has 0 aliphatic carbocycles. The first-order chi connectivity index (χ1) is 10.8. The zero-order chi connectivity index (χ0) is 17.0. The van der Waals surface area contributed by atoms with Gasteiger partial charge in [0.25, 0.3) is 10.0 Å². The SMILES string of the molecule is CCNC(=S)NS(=O)(=O)c1ccc(N2NC(C)=CC=C2C)cc1. The average molecular weight is 352 g/mol. The van der Waals surface area contributed by atoms with Gasteiger partial charge in [-0.05, 0) is 69.4 Å². The van der Waals surface area contributed by atoms with Gasteiger partial charge < -0.3 is 5.32 Å². The predicted molar refractivity (Wildman–Crippen MR) is 96.2 cm³/mol. The Morgan fingerprint density at radius 3 is 2.48 bits per heavy atom. The van der Waals surface area contributed by atoms with Gasteiger partial charge in [0.05, 0.1) is 10.6 Å². The van der Waals surface area contributed by atoms with E-state index in [0.717, 1.165) is 17.1 Å². The van der Waals surface area contributed by atoms with Crippen LogP contribution in [0.15, 0.2) is 52.7 Å². The molecule has 0 radical (unpaired) electrons. The zero-order valence-electron chi connectivity index (χ0n) is 13.3. The molecule has 1 aromatic rings. The van der Waals surface area contributed by atoms with E-state index in [2.05, 4.69) is 15.5 Å². The minimum atomic E-state index is -3.67. The summed E-state index contributed by atoms with van der Waals surface area (Å²) in [5.41, 5.74) is 6.08. The molecule has 0 amide bonds. The van der Waals surface area contributed by atoms with Crippen molar-refractivity contribution < 1.29 is 8.42 Å². The van der Waals surface area contributed by atoms with Crippen molar-refractivity contribution in [3.63, 3.8) is 0 Å². The second-order valence-electron chi connectivity index (χ2n) is 5.06. The van der Waals surface area contributed by atoms with Crippen LogP contribution >= 0.6 is 12.2 Å². The van der Waals surface area contributed by atoms with E-state index < -0.39 is 10.0 Å². The Hall–Kier alpha value is -2.06. The molecule has 0 atom stereocenters. The third-order valence-corrected chi connectivity index (χ3v) is 4.93. The van der Waals surface area contributed by atoms with Gasteiger partial charge in [0, 0.05) is 17.9 Å². The first-order valence-corrected chi connectivity index (χ1v) is 9.05. The second kappa shape index (κ2) is 7.01. The number of thiocarbonyl (C=S) groups is 1. The number of anilines is 1. The van der Waals surface area contributed by atoms with Gasteiger partial charge >= 0.3 is 0 Å². The van der Waals surface area contributed by atoms with Crippen molar-refractivity contribution in [2.75, 3.05) is 11.6 Å². The number of hydrogen-bond acceptors (Lipinski definition) is 5. The molecule has 0 saturated carbocycles. The molecule has 2 rings (SSSR count). The highest BCUT2D eigenvalue weighted by molar-refractivity contribution is 7.91. The molecule has 124 valence electrons. The zero-order valence-corrected chi connectivity index (χ0v) is 14.9. The molecule has 0 fully saturated rings. The Bertz CT molecular complexity index is 752. The molecular formula is C15H20N4O2S2. The number of nitrogens with one attached hydrogen (secondary N) is 3. The first-order valence-electron chi connectivity index (χ1n) is 7.16. The fraction of sp³-hybridized carbons (Fsp3) is 0.267. The lowest BCUT2D eigenvalue weighted by Gasteiger charge is -2.30. The standard InChI is InChI=1S/C15H20N4O2S2/c1-4-16-15(22)18-23(20,21)14-9-7-13(8-10-14)19-12(3)6-5-11(2)17-19/h5-10,17H,4H2,1-3H3,(H2,16,18,22). The molecule has 23 heavy (non-hydrogen) atoms. The smallest absolute Gasteiger partial charge is 0.263 e. The number of hydrazine groups is 1. The van der Waals surface area contributed by atoms with Crippen LogP contribution in [0.3, 0.4) is 0 Å². The highest BCUT2D eigenvalue weighted by Crippen LogP contribution is 2.22. The minimum absolute atomic E-state index is 0.0915. The lowest BCUT2D eigenvalue weighted by atomic mass is 10.2. The Labute approximate surface area is 142 Å². The number of benzene rings is 1. The summed E-state index contributed by atoms with van der Waals surface area (Å²) in [4.78, 5) is 0.160. The molecule has 0 spiro atoms. The lowest BCUT2D eigenvalue weighted by Crippen LogP contribution is -2.39. The van der Waals surface area contributed by atoms with E-state index in [0.29, 0.717) is 6.54 Å². The van der Waals surface area contributed by atoms with Crippen LogP contribution < -0.4 is 20.5 Å². The largest absolute Gasteiger partial charge is 0.362 e. The lowest BCUT2D eigenvalue weighted by molar-refractivity contribution is 0.592. The molecule has 3 N–H and O–H groups in total. The maximum absolute atomic E-state index is 12.2. The van der Waals surface area contributed by atoms with E-state index in [1.807, 2.05) is 37.9 Å². The van der Waals surface area contributed by atoms with Gasteiger partial charge in [0.1, 0.15) is 0 Å². The van der Waals surface area contributed by atoms with E-state index in [1.165, 1.54) is 0 Å². The fourth-order valence-corrected chi connectivity index (χ4v) is 3.44. The van der Waals surface area contributed by atoms with E-state index in [9.17, 15) is 8.42 Å². The van der Waals surface area contributed by atoms with Crippen LogP contribution in [0.4, 0.5) is 5.69 Å². The number of sulfonamides is 1. The quantitative estimate of drug-likeness (QED) is 0.720. The molecule has 0 saturated heterocycles. The molecular weight excluding hydrogens is 332 g/mol. The topological polar surface area (TPSA) is 73.5 Å². The van der Waals surface area contributed by atoms with Gasteiger partial charge in [-0.25, -0.2) is 8.42 Å². The van der Waals surface area contributed by atoms with E-state index in [-0.39, 0.29) is 10.0 Å². The second-order valence-corrected chi connectivity index (χ2v) is 7.15. The first kappa shape index (κ1) is 17.3. The van der Waals surface area contributed by atoms with Crippen LogP contribution in [0.1, 0.15) is 20.8 Å². The highest BCUT2D eigenvalue weighted by atomic mass is 32.2. The van der Waals surface area contributed by atoms with Gasteiger partial charge in [-0.2, -0.15) is 0 Å².